The Labute approximate surface area is 90.9 Å². The van der Waals surface area contributed by atoms with Crippen molar-refractivity contribution in [3.63, 3.8) is 0 Å². The number of carbonyl (C=O) groups is 1. The average molecular weight is 203 g/mol. The van der Waals surface area contributed by atoms with Crippen LogP contribution in [0.4, 0.5) is 0 Å². The van der Waals surface area contributed by atoms with E-state index in [1.165, 1.54) is 0 Å². The molecule has 0 radical (unpaired) electrons. The predicted molar refractivity (Wildman–Crippen MR) is 60.9 cm³/mol. The highest BCUT2D eigenvalue weighted by Gasteiger charge is 2.24. The molecule has 2 rings (SSSR count). The Morgan fingerprint density at radius 1 is 1.40 bits per heavy atom. The summed E-state index contributed by atoms with van der Waals surface area (Å²) >= 11 is 0. The smallest absolute Gasteiger partial charge is 0.254 e. The van der Waals surface area contributed by atoms with E-state index in [0.717, 1.165) is 30.6 Å². The summed E-state index contributed by atoms with van der Waals surface area (Å²) in [6, 6.07) is 7.81. The Morgan fingerprint density at radius 3 is 2.73 bits per heavy atom. The third-order valence-electron chi connectivity index (χ3n) is 3.09. The van der Waals surface area contributed by atoms with Crippen molar-refractivity contribution in [3.8, 4) is 0 Å². The molecular formula is C13H17NO. The molecule has 1 aromatic rings. The molecule has 1 heterocycles. The monoisotopic (exact) mass is 203 g/mol. The molecule has 1 aromatic carbocycles. The molecule has 0 aliphatic carbocycles. The third kappa shape index (κ3) is 2.04. The van der Waals surface area contributed by atoms with Crippen LogP contribution >= 0.6 is 0 Å². The Kier molecular flexibility index (Phi) is 2.76. The highest BCUT2D eigenvalue weighted by Crippen LogP contribution is 2.19. The van der Waals surface area contributed by atoms with Crippen LogP contribution in [0.1, 0.15) is 29.3 Å². The van der Waals surface area contributed by atoms with Gasteiger partial charge in [0.25, 0.3) is 5.91 Å². The van der Waals surface area contributed by atoms with Crippen LogP contribution in [0.3, 0.4) is 0 Å². The second-order valence-corrected chi connectivity index (χ2v) is 4.46. The van der Waals surface area contributed by atoms with E-state index < -0.39 is 0 Å². The normalized spacial score (nSPS) is 20.7. The lowest BCUT2D eigenvalue weighted by molar-refractivity contribution is 0.0787. The first-order valence-electron chi connectivity index (χ1n) is 5.53. The first-order chi connectivity index (χ1) is 7.18. The maximum absolute atomic E-state index is 12.1. The molecule has 1 saturated heterocycles. The van der Waals surface area contributed by atoms with Gasteiger partial charge in [-0.25, -0.2) is 0 Å². The molecule has 15 heavy (non-hydrogen) atoms. The molecule has 0 saturated carbocycles. The van der Waals surface area contributed by atoms with Gasteiger partial charge in [0, 0.05) is 18.7 Å². The molecule has 1 aliphatic rings. The van der Waals surface area contributed by atoms with E-state index >= 15 is 0 Å². The Balaban J connectivity index is 2.18. The SMILES string of the molecule is Cc1ccccc1C(=O)N1CCC(C)C1. The number of aryl methyl sites for hydroxylation is 1. The van der Waals surface area contributed by atoms with Crippen molar-refractivity contribution in [2.24, 2.45) is 5.92 Å². The summed E-state index contributed by atoms with van der Waals surface area (Å²) in [4.78, 5) is 14.1. The zero-order chi connectivity index (χ0) is 10.8. The Morgan fingerprint density at radius 2 is 2.13 bits per heavy atom. The fourth-order valence-electron chi connectivity index (χ4n) is 2.10. The van der Waals surface area contributed by atoms with Gasteiger partial charge in [0.2, 0.25) is 0 Å². The zero-order valence-electron chi connectivity index (χ0n) is 9.36. The molecule has 1 unspecified atom stereocenters. The largest absolute Gasteiger partial charge is 0.338 e. The van der Waals surface area contributed by atoms with Crippen molar-refractivity contribution < 1.29 is 4.79 Å². The summed E-state index contributed by atoms with van der Waals surface area (Å²) in [6.07, 6.45) is 1.14. The molecular weight excluding hydrogens is 186 g/mol. The van der Waals surface area contributed by atoms with E-state index in [0.29, 0.717) is 5.92 Å². The lowest BCUT2D eigenvalue weighted by atomic mass is 10.1. The summed E-state index contributed by atoms with van der Waals surface area (Å²) in [7, 11) is 0. The molecule has 0 aromatic heterocycles. The third-order valence-corrected chi connectivity index (χ3v) is 3.09. The minimum absolute atomic E-state index is 0.192. The van der Waals surface area contributed by atoms with Gasteiger partial charge >= 0.3 is 0 Å². The number of amides is 1. The van der Waals surface area contributed by atoms with Gasteiger partial charge in [-0.15, -0.1) is 0 Å². The van der Waals surface area contributed by atoms with Crippen LogP contribution in [0.5, 0.6) is 0 Å². The van der Waals surface area contributed by atoms with Crippen LogP contribution in [0, 0.1) is 12.8 Å². The van der Waals surface area contributed by atoms with E-state index in [-0.39, 0.29) is 5.91 Å². The fraction of sp³-hybridized carbons (Fsp3) is 0.462. The van der Waals surface area contributed by atoms with Crippen LogP contribution in [-0.4, -0.2) is 23.9 Å². The van der Waals surface area contributed by atoms with E-state index in [2.05, 4.69) is 6.92 Å². The molecule has 0 N–H and O–H groups in total. The molecule has 2 nitrogen and oxygen atoms in total. The van der Waals surface area contributed by atoms with Crippen LogP contribution < -0.4 is 0 Å². The Bertz CT molecular complexity index is 373. The number of nitrogens with zero attached hydrogens (tertiary/aromatic N) is 1. The number of hydrogen-bond acceptors (Lipinski definition) is 1. The molecule has 1 aliphatic heterocycles. The second kappa shape index (κ2) is 4.05. The van der Waals surface area contributed by atoms with Crippen LogP contribution in [0.2, 0.25) is 0 Å². The van der Waals surface area contributed by atoms with Crippen molar-refractivity contribution in [3.05, 3.63) is 35.4 Å². The van der Waals surface area contributed by atoms with E-state index in [4.69, 9.17) is 0 Å². The Hall–Kier alpha value is -1.31. The number of hydrogen-bond donors (Lipinski definition) is 0. The number of likely N-dealkylation sites (tertiary alicyclic amines) is 1. The molecule has 1 amide bonds. The minimum Gasteiger partial charge on any atom is -0.338 e. The molecule has 80 valence electrons. The van der Waals surface area contributed by atoms with E-state index in [1.54, 1.807) is 0 Å². The van der Waals surface area contributed by atoms with Crippen LogP contribution in [0.25, 0.3) is 0 Å². The van der Waals surface area contributed by atoms with E-state index in [1.807, 2.05) is 36.1 Å². The van der Waals surface area contributed by atoms with Gasteiger partial charge < -0.3 is 4.90 Å². The molecule has 0 bridgehead atoms. The summed E-state index contributed by atoms with van der Waals surface area (Å²) in [5.74, 6) is 0.843. The van der Waals surface area contributed by atoms with Crippen LogP contribution in [0.15, 0.2) is 24.3 Å². The summed E-state index contributed by atoms with van der Waals surface area (Å²) in [5.41, 5.74) is 1.92. The fourth-order valence-corrected chi connectivity index (χ4v) is 2.10. The summed E-state index contributed by atoms with van der Waals surface area (Å²) < 4.78 is 0. The second-order valence-electron chi connectivity index (χ2n) is 4.46. The number of rotatable bonds is 1. The highest BCUT2D eigenvalue weighted by atomic mass is 16.2. The van der Waals surface area contributed by atoms with Gasteiger partial charge in [-0.1, -0.05) is 25.1 Å². The van der Waals surface area contributed by atoms with E-state index in [9.17, 15) is 4.79 Å². The molecule has 1 fully saturated rings. The number of benzene rings is 1. The summed E-state index contributed by atoms with van der Waals surface area (Å²) in [6.45, 7) is 6.01. The van der Waals surface area contributed by atoms with Gasteiger partial charge in [-0.05, 0) is 30.9 Å². The van der Waals surface area contributed by atoms with Gasteiger partial charge in [0.1, 0.15) is 0 Å². The molecule has 0 spiro atoms. The number of carbonyl (C=O) groups excluding carboxylic acids is 1. The maximum Gasteiger partial charge on any atom is 0.254 e. The molecule has 2 heteroatoms. The zero-order valence-corrected chi connectivity index (χ0v) is 9.36. The quantitative estimate of drug-likeness (QED) is 0.686. The first kappa shape index (κ1) is 10.2. The van der Waals surface area contributed by atoms with Crippen molar-refractivity contribution >= 4 is 5.91 Å². The van der Waals surface area contributed by atoms with Gasteiger partial charge in [-0.2, -0.15) is 0 Å². The van der Waals surface area contributed by atoms with Gasteiger partial charge in [-0.3, -0.25) is 4.79 Å². The van der Waals surface area contributed by atoms with Gasteiger partial charge in [0.15, 0.2) is 0 Å². The predicted octanol–water partition coefficient (Wildman–Crippen LogP) is 2.48. The molecule has 1 atom stereocenters. The topological polar surface area (TPSA) is 20.3 Å². The minimum atomic E-state index is 0.192. The standard InChI is InChI=1S/C13H17NO/c1-10-7-8-14(9-10)13(15)12-6-4-3-5-11(12)2/h3-6,10H,7-9H2,1-2H3. The average Bonchev–Trinajstić information content (AvgIpc) is 2.65. The lowest BCUT2D eigenvalue weighted by Gasteiger charge is -2.17. The lowest BCUT2D eigenvalue weighted by Crippen LogP contribution is -2.28. The van der Waals surface area contributed by atoms with Crippen molar-refractivity contribution in [1.29, 1.82) is 0 Å². The van der Waals surface area contributed by atoms with Crippen molar-refractivity contribution in [1.82, 2.24) is 4.90 Å². The van der Waals surface area contributed by atoms with Crippen LogP contribution in [-0.2, 0) is 0 Å². The summed E-state index contributed by atoms with van der Waals surface area (Å²) in [5, 5.41) is 0. The van der Waals surface area contributed by atoms with Crippen molar-refractivity contribution in [2.75, 3.05) is 13.1 Å². The maximum atomic E-state index is 12.1. The first-order valence-corrected chi connectivity index (χ1v) is 5.53. The van der Waals surface area contributed by atoms with Crippen molar-refractivity contribution in [2.45, 2.75) is 20.3 Å². The highest BCUT2D eigenvalue weighted by molar-refractivity contribution is 5.95. The van der Waals surface area contributed by atoms with Gasteiger partial charge in [0.05, 0.1) is 0 Å².